The molecule has 0 radical (unpaired) electrons. The molecule has 1 aromatic rings. The molecule has 96 valence electrons. The van der Waals surface area contributed by atoms with Crippen LogP contribution >= 0.6 is 0 Å². The van der Waals surface area contributed by atoms with Gasteiger partial charge in [0.15, 0.2) is 0 Å². The number of amides is 1. The van der Waals surface area contributed by atoms with Crippen LogP contribution in [0.2, 0.25) is 0 Å². The third-order valence-electron chi connectivity index (χ3n) is 2.08. The lowest BCUT2D eigenvalue weighted by Crippen LogP contribution is -2.27. The molecule has 2 N–H and O–H groups in total. The number of aliphatic hydroxyl groups is 1. The van der Waals surface area contributed by atoms with Gasteiger partial charge in [0.05, 0.1) is 5.56 Å². The number of benzene rings is 1. The van der Waals surface area contributed by atoms with Gasteiger partial charge in [-0.25, -0.2) is 4.79 Å². The minimum Gasteiger partial charge on any atom is -0.396 e. The van der Waals surface area contributed by atoms with Gasteiger partial charge in [-0.3, -0.25) is 9.59 Å². The first-order chi connectivity index (χ1) is 8.67. The normalized spacial score (nSPS) is 9.61. The Morgan fingerprint density at radius 1 is 1.39 bits per heavy atom. The summed E-state index contributed by atoms with van der Waals surface area (Å²) in [6, 6.07) is 5.90. The van der Waals surface area contributed by atoms with Crippen molar-refractivity contribution in [3.05, 3.63) is 35.4 Å². The molecule has 0 aliphatic rings. The molecule has 1 amide bonds. The Morgan fingerprint density at radius 2 is 2.17 bits per heavy atom. The Morgan fingerprint density at radius 3 is 2.83 bits per heavy atom. The van der Waals surface area contributed by atoms with E-state index in [0.29, 0.717) is 18.3 Å². The molecule has 1 rings (SSSR count). The highest BCUT2D eigenvalue weighted by Crippen LogP contribution is 2.04. The maximum atomic E-state index is 11.5. The largest absolute Gasteiger partial charge is 0.396 e. The minimum atomic E-state index is -0.754. The zero-order chi connectivity index (χ0) is 13.4. The molecule has 1 aromatic carbocycles. The average molecular weight is 251 g/mol. The molecule has 0 saturated carbocycles. The van der Waals surface area contributed by atoms with Gasteiger partial charge in [0.1, 0.15) is 6.29 Å². The van der Waals surface area contributed by atoms with E-state index in [9.17, 15) is 14.4 Å². The van der Waals surface area contributed by atoms with E-state index in [4.69, 9.17) is 5.11 Å². The van der Waals surface area contributed by atoms with E-state index in [-0.39, 0.29) is 18.6 Å². The van der Waals surface area contributed by atoms with Crippen LogP contribution in [0.1, 0.15) is 33.6 Å². The molecule has 0 heterocycles. The number of aldehydes is 1. The van der Waals surface area contributed by atoms with Crippen molar-refractivity contribution in [1.82, 2.24) is 5.48 Å². The lowest BCUT2D eigenvalue weighted by Gasteiger charge is -2.05. The lowest BCUT2D eigenvalue weighted by molar-refractivity contribution is -0.130. The van der Waals surface area contributed by atoms with E-state index in [0.717, 1.165) is 0 Å². The molecular formula is C12H13NO5. The summed E-state index contributed by atoms with van der Waals surface area (Å²) in [5, 5.41) is 8.51. The van der Waals surface area contributed by atoms with Crippen LogP contribution < -0.4 is 5.48 Å². The number of nitrogens with one attached hydrogen (secondary N) is 1. The summed E-state index contributed by atoms with van der Waals surface area (Å²) >= 11 is 0. The number of hydrogen-bond donors (Lipinski definition) is 2. The van der Waals surface area contributed by atoms with Crippen molar-refractivity contribution >= 4 is 18.2 Å². The number of carbonyl (C=O) groups excluding carboxylic acids is 3. The Kier molecular flexibility index (Phi) is 5.53. The molecule has 6 heteroatoms. The topological polar surface area (TPSA) is 92.7 Å². The van der Waals surface area contributed by atoms with E-state index in [1.165, 1.54) is 18.2 Å². The van der Waals surface area contributed by atoms with Gasteiger partial charge < -0.3 is 9.94 Å². The zero-order valence-corrected chi connectivity index (χ0v) is 9.59. The monoisotopic (exact) mass is 251 g/mol. The van der Waals surface area contributed by atoms with Crippen LogP contribution in [0.15, 0.2) is 24.3 Å². The fourth-order valence-electron chi connectivity index (χ4n) is 1.19. The Labute approximate surface area is 104 Å². The second-order valence-corrected chi connectivity index (χ2v) is 3.49. The molecule has 0 aromatic heterocycles. The molecule has 0 unspecified atom stereocenters. The highest BCUT2D eigenvalue weighted by Gasteiger charge is 2.10. The van der Waals surface area contributed by atoms with E-state index in [1.807, 2.05) is 5.48 Å². The van der Waals surface area contributed by atoms with Crippen LogP contribution in [-0.2, 0) is 9.63 Å². The second kappa shape index (κ2) is 7.18. The summed E-state index contributed by atoms with van der Waals surface area (Å²) in [4.78, 5) is 37.7. The van der Waals surface area contributed by atoms with Crippen molar-refractivity contribution in [3.8, 4) is 0 Å². The molecule has 0 bridgehead atoms. The standard InChI is InChI=1S/C12H13NO5/c14-6-2-5-11(16)13-18-12(17)10-4-1-3-9(7-10)8-15/h1,3-4,7-8,14H,2,5-6H2,(H,13,16). The van der Waals surface area contributed by atoms with Crippen LogP contribution in [0.4, 0.5) is 0 Å². The Bertz CT molecular complexity index is 444. The Balaban J connectivity index is 2.49. The first kappa shape index (κ1) is 13.9. The first-order valence-electron chi connectivity index (χ1n) is 5.33. The summed E-state index contributed by atoms with van der Waals surface area (Å²) in [6.07, 6.45) is 0.971. The summed E-state index contributed by atoms with van der Waals surface area (Å²) < 4.78 is 0. The van der Waals surface area contributed by atoms with Crippen LogP contribution in [0.3, 0.4) is 0 Å². The number of hydroxylamine groups is 1. The number of rotatable bonds is 5. The number of aliphatic hydroxyl groups excluding tert-OH is 1. The van der Waals surface area contributed by atoms with Crippen LogP contribution in [0.5, 0.6) is 0 Å². The summed E-state index contributed by atoms with van der Waals surface area (Å²) in [7, 11) is 0. The van der Waals surface area contributed by atoms with Gasteiger partial charge in [0.2, 0.25) is 0 Å². The van der Waals surface area contributed by atoms with Crippen molar-refractivity contribution in [2.75, 3.05) is 6.61 Å². The molecule has 0 aliphatic heterocycles. The maximum Gasteiger partial charge on any atom is 0.362 e. The molecule has 18 heavy (non-hydrogen) atoms. The van der Waals surface area contributed by atoms with Gasteiger partial charge in [0.25, 0.3) is 5.91 Å². The number of carbonyl (C=O) groups is 3. The molecule has 6 nitrogen and oxygen atoms in total. The van der Waals surface area contributed by atoms with Crippen molar-refractivity contribution in [3.63, 3.8) is 0 Å². The van der Waals surface area contributed by atoms with E-state index < -0.39 is 11.9 Å². The average Bonchev–Trinajstić information content (AvgIpc) is 2.42. The van der Waals surface area contributed by atoms with Gasteiger partial charge in [-0.2, -0.15) is 5.48 Å². The molecule has 0 spiro atoms. The fourth-order valence-corrected chi connectivity index (χ4v) is 1.19. The number of hydrogen-bond acceptors (Lipinski definition) is 5. The quantitative estimate of drug-likeness (QED) is 0.585. The SMILES string of the molecule is O=Cc1cccc(C(=O)ONC(=O)CCCO)c1. The molecule has 0 atom stereocenters. The predicted molar refractivity (Wildman–Crippen MR) is 61.7 cm³/mol. The van der Waals surface area contributed by atoms with Crippen molar-refractivity contribution in [1.29, 1.82) is 0 Å². The maximum absolute atomic E-state index is 11.5. The highest BCUT2D eigenvalue weighted by atomic mass is 16.7. The van der Waals surface area contributed by atoms with Gasteiger partial charge >= 0.3 is 5.97 Å². The van der Waals surface area contributed by atoms with Crippen LogP contribution in [-0.4, -0.2) is 29.9 Å². The molecular weight excluding hydrogens is 238 g/mol. The first-order valence-corrected chi connectivity index (χ1v) is 5.33. The van der Waals surface area contributed by atoms with E-state index >= 15 is 0 Å². The van der Waals surface area contributed by atoms with Crippen molar-refractivity contribution < 1.29 is 24.3 Å². The predicted octanol–water partition coefficient (Wildman–Crippen LogP) is 0.460. The van der Waals surface area contributed by atoms with Gasteiger partial charge in [-0.05, 0) is 18.6 Å². The summed E-state index contributed by atoms with van der Waals surface area (Å²) in [6.45, 7) is -0.108. The Hall–Kier alpha value is -2.21. The van der Waals surface area contributed by atoms with Gasteiger partial charge in [0, 0.05) is 18.6 Å². The van der Waals surface area contributed by atoms with Crippen molar-refractivity contribution in [2.24, 2.45) is 0 Å². The van der Waals surface area contributed by atoms with Crippen LogP contribution in [0.25, 0.3) is 0 Å². The summed E-state index contributed by atoms with van der Waals surface area (Å²) in [5.74, 6) is -1.25. The zero-order valence-electron chi connectivity index (χ0n) is 9.59. The molecule has 0 aliphatic carbocycles. The molecule has 0 saturated heterocycles. The third kappa shape index (κ3) is 4.34. The van der Waals surface area contributed by atoms with Gasteiger partial charge in [-0.15, -0.1) is 0 Å². The van der Waals surface area contributed by atoms with E-state index in [2.05, 4.69) is 4.84 Å². The van der Waals surface area contributed by atoms with Crippen LogP contribution in [0, 0.1) is 0 Å². The van der Waals surface area contributed by atoms with Gasteiger partial charge in [-0.1, -0.05) is 12.1 Å². The highest BCUT2D eigenvalue weighted by molar-refractivity contribution is 5.92. The lowest BCUT2D eigenvalue weighted by atomic mass is 10.1. The summed E-state index contributed by atoms with van der Waals surface area (Å²) in [5.41, 5.74) is 2.48. The van der Waals surface area contributed by atoms with Crippen molar-refractivity contribution in [2.45, 2.75) is 12.8 Å². The third-order valence-corrected chi connectivity index (χ3v) is 2.08. The van der Waals surface area contributed by atoms with E-state index in [1.54, 1.807) is 6.07 Å². The molecule has 0 fully saturated rings. The smallest absolute Gasteiger partial charge is 0.362 e. The minimum absolute atomic E-state index is 0.0676. The second-order valence-electron chi connectivity index (χ2n) is 3.49. The fraction of sp³-hybridized carbons (Fsp3) is 0.250.